The third kappa shape index (κ3) is 3.80. The molecule has 1 aliphatic heterocycles. The monoisotopic (exact) mass is 284 g/mol. The molecule has 1 aliphatic rings. The van der Waals surface area contributed by atoms with Crippen LogP contribution in [-0.2, 0) is 14.3 Å². The molecule has 1 unspecified atom stereocenters. The lowest BCUT2D eigenvalue weighted by Crippen LogP contribution is -2.52. The first-order chi connectivity index (χ1) is 8.79. The Labute approximate surface area is 107 Å². The average molecular weight is 284 g/mol. The smallest absolute Gasteiger partial charge is 0.404 e. The number of nitrogens with one attached hydrogen (secondary N) is 2. The van der Waals surface area contributed by atoms with Gasteiger partial charge in [0, 0.05) is 13.1 Å². The zero-order valence-corrected chi connectivity index (χ0v) is 10.0. The fraction of sp³-hybridized carbons (Fsp3) is 0.800. The molecule has 1 heterocycles. The van der Waals surface area contributed by atoms with Gasteiger partial charge in [0.05, 0.1) is 6.61 Å². The van der Waals surface area contributed by atoms with Gasteiger partial charge in [-0.05, 0) is 13.0 Å². The highest BCUT2D eigenvalue weighted by Crippen LogP contribution is 2.43. The van der Waals surface area contributed by atoms with Crippen molar-refractivity contribution in [2.45, 2.75) is 12.6 Å². The number of hydrogen-bond acceptors (Lipinski definition) is 4. The normalized spacial score (nSPS) is 23.3. The molecule has 0 radical (unpaired) electrons. The zero-order chi connectivity index (χ0) is 14.5. The van der Waals surface area contributed by atoms with Crippen LogP contribution in [0.2, 0.25) is 0 Å². The van der Waals surface area contributed by atoms with Gasteiger partial charge in [-0.1, -0.05) is 0 Å². The molecule has 1 amide bonds. The fourth-order valence-electron chi connectivity index (χ4n) is 1.82. The summed E-state index contributed by atoms with van der Waals surface area (Å²) in [6, 6.07) is 0. The molecule has 1 rings (SSSR count). The van der Waals surface area contributed by atoms with Crippen LogP contribution < -0.4 is 10.6 Å². The van der Waals surface area contributed by atoms with Crippen LogP contribution in [0.1, 0.15) is 6.42 Å². The van der Waals surface area contributed by atoms with E-state index >= 15 is 0 Å². The Morgan fingerprint density at radius 3 is 2.58 bits per heavy atom. The van der Waals surface area contributed by atoms with Crippen LogP contribution in [0.4, 0.5) is 13.2 Å². The van der Waals surface area contributed by atoms with Crippen LogP contribution >= 0.6 is 0 Å². The van der Waals surface area contributed by atoms with Gasteiger partial charge in [0.15, 0.2) is 5.41 Å². The van der Waals surface area contributed by atoms with E-state index in [1.165, 1.54) is 0 Å². The van der Waals surface area contributed by atoms with Crippen molar-refractivity contribution in [3.63, 3.8) is 0 Å². The Kier molecular flexibility index (Phi) is 5.12. The first-order valence-corrected chi connectivity index (χ1v) is 5.65. The van der Waals surface area contributed by atoms with E-state index in [1.54, 1.807) is 0 Å². The lowest BCUT2D eigenvalue weighted by Gasteiger charge is -2.29. The van der Waals surface area contributed by atoms with E-state index in [4.69, 9.17) is 5.11 Å². The highest BCUT2D eigenvalue weighted by molar-refractivity contribution is 5.84. The second kappa shape index (κ2) is 6.20. The first-order valence-electron chi connectivity index (χ1n) is 5.65. The number of carbonyl (C=O) groups is 2. The van der Waals surface area contributed by atoms with Crippen molar-refractivity contribution in [1.29, 1.82) is 0 Å². The van der Waals surface area contributed by atoms with Crippen LogP contribution in [0.3, 0.4) is 0 Å². The molecule has 1 fully saturated rings. The number of hydrogen-bond donors (Lipinski definition) is 3. The predicted octanol–water partition coefficient (Wildman–Crippen LogP) is -0.254. The summed E-state index contributed by atoms with van der Waals surface area (Å²) in [5.41, 5.74) is -2.40. The van der Waals surface area contributed by atoms with Crippen LogP contribution in [-0.4, -0.2) is 56.0 Å². The Hall–Kier alpha value is -1.35. The minimum Gasteiger partial charge on any atom is -0.480 e. The van der Waals surface area contributed by atoms with Crippen molar-refractivity contribution in [2.24, 2.45) is 5.41 Å². The van der Waals surface area contributed by atoms with Crippen LogP contribution in [0.5, 0.6) is 0 Å². The fourth-order valence-corrected chi connectivity index (χ4v) is 1.82. The highest BCUT2D eigenvalue weighted by Gasteiger charge is 2.61. The van der Waals surface area contributed by atoms with Gasteiger partial charge < -0.3 is 20.5 Å². The predicted molar refractivity (Wildman–Crippen MR) is 57.4 cm³/mol. The van der Waals surface area contributed by atoms with Gasteiger partial charge in [0.1, 0.15) is 6.61 Å². The molecule has 0 aliphatic carbocycles. The van der Waals surface area contributed by atoms with E-state index in [9.17, 15) is 22.8 Å². The third-order valence-corrected chi connectivity index (χ3v) is 2.89. The molecule has 0 bridgehead atoms. The Balaban J connectivity index is 2.44. The minimum atomic E-state index is -4.62. The second-order valence-electron chi connectivity index (χ2n) is 4.21. The topological polar surface area (TPSA) is 87.7 Å². The van der Waals surface area contributed by atoms with Crippen molar-refractivity contribution in [1.82, 2.24) is 10.6 Å². The molecule has 0 spiro atoms. The summed E-state index contributed by atoms with van der Waals surface area (Å²) in [6.07, 6.45) is -4.93. The number of amides is 1. The molecule has 110 valence electrons. The summed E-state index contributed by atoms with van der Waals surface area (Å²) in [6.45, 7) is -1.19. The van der Waals surface area contributed by atoms with E-state index in [0.717, 1.165) is 0 Å². The summed E-state index contributed by atoms with van der Waals surface area (Å²) in [5, 5.41) is 12.9. The number of carboxylic acid groups (broad SMARTS) is 1. The van der Waals surface area contributed by atoms with Crippen molar-refractivity contribution in [3.8, 4) is 0 Å². The molecule has 0 aromatic rings. The number of halogens is 3. The van der Waals surface area contributed by atoms with Gasteiger partial charge in [0.2, 0.25) is 5.91 Å². The Bertz CT molecular complexity index is 340. The third-order valence-electron chi connectivity index (χ3n) is 2.89. The summed E-state index contributed by atoms with van der Waals surface area (Å²) in [5.74, 6) is -2.29. The van der Waals surface area contributed by atoms with Crippen LogP contribution in [0, 0.1) is 5.41 Å². The Morgan fingerprint density at radius 2 is 2.11 bits per heavy atom. The van der Waals surface area contributed by atoms with E-state index in [1.807, 2.05) is 0 Å². The highest BCUT2D eigenvalue weighted by atomic mass is 19.4. The van der Waals surface area contributed by atoms with Gasteiger partial charge in [-0.15, -0.1) is 0 Å². The number of rotatable bonds is 6. The van der Waals surface area contributed by atoms with Crippen molar-refractivity contribution in [2.75, 3.05) is 32.8 Å². The molecule has 0 aromatic heterocycles. The van der Waals surface area contributed by atoms with Crippen LogP contribution in [0.25, 0.3) is 0 Å². The van der Waals surface area contributed by atoms with Gasteiger partial charge in [0.25, 0.3) is 0 Å². The van der Waals surface area contributed by atoms with Gasteiger partial charge in [-0.2, -0.15) is 13.2 Å². The Morgan fingerprint density at radius 1 is 1.42 bits per heavy atom. The van der Waals surface area contributed by atoms with E-state index in [0.29, 0.717) is 0 Å². The van der Waals surface area contributed by atoms with Crippen molar-refractivity contribution in [3.05, 3.63) is 0 Å². The molecule has 19 heavy (non-hydrogen) atoms. The largest absolute Gasteiger partial charge is 0.480 e. The second-order valence-corrected chi connectivity index (χ2v) is 4.21. The quantitative estimate of drug-likeness (QED) is 0.585. The number of carbonyl (C=O) groups excluding carboxylic acids is 1. The standard InChI is InChI=1S/C10H15F3N2O4/c11-10(12,13)9(1-2-14-6-9)8(18)15-3-4-19-5-7(16)17/h14H,1-6H2,(H,15,18)(H,16,17). The van der Waals surface area contributed by atoms with Gasteiger partial charge in [-0.3, -0.25) is 4.79 Å². The molecule has 0 aromatic carbocycles. The van der Waals surface area contributed by atoms with Gasteiger partial charge in [-0.25, -0.2) is 4.79 Å². The maximum Gasteiger partial charge on any atom is 0.404 e. The summed E-state index contributed by atoms with van der Waals surface area (Å²) in [7, 11) is 0. The molecule has 0 saturated carbocycles. The number of carboxylic acids is 1. The summed E-state index contributed by atoms with van der Waals surface area (Å²) in [4.78, 5) is 21.8. The lowest BCUT2D eigenvalue weighted by atomic mass is 9.85. The SMILES string of the molecule is O=C(O)COCCNC(=O)C1(C(F)(F)F)CCNC1. The maximum absolute atomic E-state index is 12.9. The molecule has 1 saturated heterocycles. The molecular formula is C10H15F3N2O4. The number of ether oxygens (including phenoxy) is 1. The van der Waals surface area contributed by atoms with Gasteiger partial charge >= 0.3 is 12.1 Å². The number of alkyl halides is 3. The van der Waals surface area contributed by atoms with E-state index < -0.39 is 36.6 Å². The minimum absolute atomic E-state index is 0.127. The first kappa shape index (κ1) is 15.7. The average Bonchev–Trinajstić information content (AvgIpc) is 2.77. The molecule has 9 heteroatoms. The zero-order valence-electron chi connectivity index (χ0n) is 10.0. The number of aliphatic carboxylic acids is 1. The summed E-state index contributed by atoms with van der Waals surface area (Å²) >= 11 is 0. The molecular weight excluding hydrogens is 269 g/mol. The van der Waals surface area contributed by atoms with Crippen LogP contribution in [0.15, 0.2) is 0 Å². The van der Waals surface area contributed by atoms with Crippen molar-refractivity contribution >= 4 is 11.9 Å². The molecule has 6 nitrogen and oxygen atoms in total. The van der Waals surface area contributed by atoms with E-state index in [2.05, 4.69) is 15.4 Å². The molecule has 3 N–H and O–H groups in total. The lowest BCUT2D eigenvalue weighted by molar-refractivity contribution is -0.216. The van der Waals surface area contributed by atoms with Crippen molar-refractivity contribution < 1.29 is 32.6 Å². The summed E-state index contributed by atoms with van der Waals surface area (Å²) < 4.78 is 43.4. The maximum atomic E-state index is 12.9. The molecule has 1 atom stereocenters. The van der Waals surface area contributed by atoms with E-state index in [-0.39, 0.29) is 26.1 Å².